The molecule has 7 nitrogen and oxygen atoms in total. The molecule has 2 aliphatic rings. The van der Waals surface area contributed by atoms with Crippen LogP contribution in [-0.4, -0.2) is 85.9 Å². The van der Waals surface area contributed by atoms with E-state index in [-0.39, 0.29) is 17.7 Å². The molecule has 1 aliphatic heterocycles. The Labute approximate surface area is 189 Å². The minimum atomic E-state index is -0.192. The van der Waals surface area contributed by atoms with Gasteiger partial charge in [-0.05, 0) is 39.1 Å². The number of carbonyl (C=O) groups excluding carboxylic acids is 2. The fraction of sp³-hybridized carbons (Fsp3) is 0.440. The van der Waals surface area contributed by atoms with Crippen molar-refractivity contribution >= 4 is 22.9 Å². The molecule has 0 aromatic heterocycles. The lowest BCUT2D eigenvalue weighted by atomic mass is 9.82. The molecule has 4 rings (SSSR count). The summed E-state index contributed by atoms with van der Waals surface area (Å²) in [5.41, 5.74) is 3.23. The van der Waals surface area contributed by atoms with Gasteiger partial charge in [0.15, 0.2) is 11.6 Å². The van der Waals surface area contributed by atoms with Crippen molar-refractivity contribution in [1.29, 1.82) is 0 Å². The van der Waals surface area contributed by atoms with E-state index in [0.717, 1.165) is 39.0 Å². The Morgan fingerprint density at radius 1 is 0.906 bits per heavy atom. The first-order valence-electron chi connectivity index (χ1n) is 11.3. The van der Waals surface area contributed by atoms with Crippen LogP contribution >= 0.6 is 0 Å². The number of anilines is 2. The van der Waals surface area contributed by atoms with E-state index < -0.39 is 0 Å². The number of likely N-dealkylation sites (tertiary alicyclic amines) is 1. The molecule has 1 heterocycles. The first-order chi connectivity index (χ1) is 15.5. The van der Waals surface area contributed by atoms with Gasteiger partial charge in [0.2, 0.25) is 0 Å². The van der Waals surface area contributed by atoms with Gasteiger partial charge in [0.1, 0.15) is 0 Å². The molecule has 1 saturated heterocycles. The molecule has 0 unspecified atom stereocenters. The molecule has 2 aromatic carbocycles. The standard InChI is InChI=1S/C25H32N4O3/c1-28(2)15-11-26-20-7-8-21(27-12-16-29-13-9-17(30)10-14-29)23-22(20)24(31)18-5-3-4-6-19(18)25(23)32/h3-8,17,26-27,30H,9-16H2,1-2H3. The van der Waals surface area contributed by atoms with E-state index in [4.69, 9.17) is 0 Å². The molecule has 1 fully saturated rings. The van der Waals surface area contributed by atoms with Gasteiger partial charge in [-0.2, -0.15) is 0 Å². The minimum Gasteiger partial charge on any atom is -0.393 e. The van der Waals surface area contributed by atoms with E-state index in [1.165, 1.54) is 0 Å². The fourth-order valence-electron chi connectivity index (χ4n) is 4.42. The summed E-state index contributed by atoms with van der Waals surface area (Å²) < 4.78 is 0. The second-order valence-electron chi connectivity index (χ2n) is 8.84. The van der Waals surface area contributed by atoms with Crippen molar-refractivity contribution in [3.63, 3.8) is 0 Å². The van der Waals surface area contributed by atoms with E-state index in [0.29, 0.717) is 46.7 Å². The second kappa shape index (κ2) is 9.81. The number of nitrogens with one attached hydrogen (secondary N) is 2. The smallest absolute Gasteiger partial charge is 0.196 e. The molecule has 170 valence electrons. The zero-order chi connectivity index (χ0) is 22.7. The van der Waals surface area contributed by atoms with Gasteiger partial charge < -0.3 is 25.5 Å². The average molecular weight is 437 g/mol. The first-order valence-corrected chi connectivity index (χ1v) is 11.3. The lowest BCUT2D eigenvalue weighted by Crippen LogP contribution is -2.38. The van der Waals surface area contributed by atoms with Gasteiger partial charge in [-0.1, -0.05) is 24.3 Å². The van der Waals surface area contributed by atoms with Gasteiger partial charge >= 0.3 is 0 Å². The summed E-state index contributed by atoms with van der Waals surface area (Å²) in [6.07, 6.45) is 1.40. The summed E-state index contributed by atoms with van der Waals surface area (Å²) in [4.78, 5) is 31.2. The van der Waals surface area contributed by atoms with Crippen molar-refractivity contribution in [3.8, 4) is 0 Å². The summed E-state index contributed by atoms with van der Waals surface area (Å²) in [5.74, 6) is -0.230. The maximum atomic E-state index is 13.4. The number of aliphatic hydroxyl groups is 1. The Hall–Kier alpha value is -2.74. The van der Waals surface area contributed by atoms with E-state index in [2.05, 4.69) is 20.4 Å². The van der Waals surface area contributed by atoms with Gasteiger partial charge in [0.25, 0.3) is 0 Å². The van der Waals surface area contributed by atoms with Crippen LogP contribution in [0.3, 0.4) is 0 Å². The molecule has 3 N–H and O–H groups in total. The lowest BCUT2D eigenvalue weighted by Gasteiger charge is -2.30. The molecule has 0 saturated carbocycles. The molecule has 0 spiro atoms. The highest BCUT2D eigenvalue weighted by Gasteiger charge is 2.33. The van der Waals surface area contributed by atoms with Gasteiger partial charge in [0, 0.05) is 61.8 Å². The first kappa shape index (κ1) is 22.5. The van der Waals surface area contributed by atoms with Crippen LogP contribution in [0.5, 0.6) is 0 Å². The predicted octanol–water partition coefficient (Wildman–Crippen LogP) is 2.30. The highest BCUT2D eigenvalue weighted by molar-refractivity contribution is 6.31. The summed E-state index contributed by atoms with van der Waals surface area (Å²) in [6.45, 7) is 4.73. The number of hydrogen-bond acceptors (Lipinski definition) is 7. The Bertz CT molecular complexity index is 997. The second-order valence-corrected chi connectivity index (χ2v) is 8.84. The third-order valence-electron chi connectivity index (χ3n) is 6.25. The quantitative estimate of drug-likeness (QED) is 0.500. The van der Waals surface area contributed by atoms with Crippen LogP contribution in [0.1, 0.15) is 44.7 Å². The Balaban J connectivity index is 1.59. The topological polar surface area (TPSA) is 84.9 Å². The zero-order valence-electron chi connectivity index (χ0n) is 18.9. The number of aliphatic hydroxyl groups excluding tert-OH is 1. The maximum absolute atomic E-state index is 13.4. The Kier molecular flexibility index (Phi) is 6.89. The molecule has 2 aromatic rings. The van der Waals surface area contributed by atoms with Crippen LogP contribution in [0.4, 0.5) is 11.4 Å². The highest BCUT2D eigenvalue weighted by atomic mass is 16.3. The number of hydrogen-bond donors (Lipinski definition) is 3. The third-order valence-corrected chi connectivity index (χ3v) is 6.25. The molecular weight excluding hydrogens is 404 g/mol. The number of likely N-dealkylation sites (N-methyl/N-ethyl adjacent to an activating group) is 1. The van der Waals surface area contributed by atoms with Gasteiger partial charge in [-0.3, -0.25) is 9.59 Å². The van der Waals surface area contributed by atoms with Crippen molar-refractivity contribution in [2.45, 2.75) is 18.9 Å². The van der Waals surface area contributed by atoms with Gasteiger partial charge in [0.05, 0.1) is 17.2 Å². The number of fused-ring (bicyclic) bond motifs is 2. The SMILES string of the molecule is CN(C)CCNc1ccc(NCCN2CCC(O)CC2)c2c1C(=O)c1ccccc1C2=O. The monoisotopic (exact) mass is 436 g/mol. The average Bonchev–Trinajstić information content (AvgIpc) is 2.79. The summed E-state index contributed by atoms with van der Waals surface area (Å²) in [6, 6.07) is 10.8. The van der Waals surface area contributed by atoms with Crippen LogP contribution in [0.2, 0.25) is 0 Å². The van der Waals surface area contributed by atoms with Crippen LogP contribution < -0.4 is 10.6 Å². The number of ketones is 2. The van der Waals surface area contributed by atoms with Crippen molar-refractivity contribution in [2.24, 2.45) is 0 Å². The molecule has 7 heteroatoms. The van der Waals surface area contributed by atoms with Crippen LogP contribution in [0.15, 0.2) is 36.4 Å². The van der Waals surface area contributed by atoms with Crippen LogP contribution in [0, 0.1) is 0 Å². The van der Waals surface area contributed by atoms with Crippen molar-refractivity contribution in [2.75, 3.05) is 64.0 Å². The molecule has 1 aliphatic carbocycles. The fourth-order valence-corrected chi connectivity index (χ4v) is 4.42. The molecule has 0 atom stereocenters. The van der Waals surface area contributed by atoms with Gasteiger partial charge in [-0.25, -0.2) is 0 Å². The Morgan fingerprint density at radius 3 is 1.97 bits per heavy atom. The summed E-state index contributed by atoms with van der Waals surface area (Å²) in [7, 11) is 4.00. The minimum absolute atomic E-state index is 0.115. The van der Waals surface area contributed by atoms with Crippen molar-refractivity contribution < 1.29 is 14.7 Å². The third kappa shape index (κ3) is 4.70. The Morgan fingerprint density at radius 2 is 1.44 bits per heavy atom. The zero-order valence-corrected chi connectivity index (χ0v) is 18.9. The van der Waals surface area contributed by atoms with E-state index in [1.54, 1.807) is 24.3 Å². The molecule has 32 heavy (non-hydrogen) atoms. The summed E-state index contributed by atoms with van der Waals surface area (Å²) >= 11 is 0. The molecule has 0 amide bonds. The van der Waals surface area contributed by atoms with E-state index >= 15 is 0 Å². The van der Waals surface area contributed by atoms with Crippen LogP contribution in [-0.2, 0) is 0 Å². The molecule has 0 radical (unpaired) electrons. The van der Waals surface area contributed by atoms with Crippen molar-refractivity contribution in [3.05, 3.63) is 58.7 Å². The number of carbonyl (C=O) groups is 2. The summed E-state index contributed by atoms with van der Waals surface area (Å²) in [5, 5.41) is 16.4. The number of piperidine rings is 1. The predicted molar refractivity (Wildman–Crippen MR) is 127 cm³/mol. The number of rotatable bonds is 8. The lowest BCUT2D eigenvalue weighted by molar-refractivity contribution is 0.0845. The van der Waals surface area contributed by atoms with Crippen molar-refractivity contribution in [1.82, 2.24) is 9.80 Å². The van der Waals surface area contributed by atoms with E-state index in [9.17, 15) is 14.7 Å². The number of nitrogens with zero attached hydrogens (tertiary/aromatic N) is 2. The maximum Gasteiger partial charge on any atom is 0.196 e. The normalized spacial score (nSPS) is 16.8. The van der Waals surface area contributed by atoms with Crippen LogP contribution in [0.25, 0.3) is 0 Å². The largest absolute Gasteiger partial charge is 0.393 e. The molecule has 0 bridgehead atoms. The van der Waals surface area contributed by atoms with Gasteiger partial charge in [-0.15, -0.1) is 0 Å². The van der Waals surface area contributed by atoms with E-state index in [1.807, 2.05) is 26.2 Å². The highest BCUT2D eigenvalue weighted by Crippen LogP contribution is 2.36. The molecular formula is C25H32N4O3. The number of benzene rings is 2.